The molecule has 120 valence electrons. The van der Waals surface area contributed by atoms with Crippen molar-refractivity contribution in [3.05, 3.63) is 41.0 Å². The molecule has 22 heavy (non-hydrogen) atoms. The quantitative estimate of drug-likeness (QED) is 0.822. The molecule has 0 atom stereocenters. The predicted octanol–water partition coefficient (Wildman–Crippen LogP) is 3.38. The second-order valence-electron chi connectivity index (χ2n) is 5.64. The molecule has 0 radical (unpaired) electrons. The Labute approximate surface area is 137 Å². The molecule has 0 aliphatic heterocycles. The zero-order valence-corrected chi connectivity index (χ0v) is 14.2. The van der Waals surface area contributed by atoms with Gasteiger partial charge in [-0.1, -0.05) is 55.8 Å². The van der Waals surface area contributed by atoms with E-state index in [0.717, 1.165) is 29.7 Å². The van der Waals surface area contributed by atoms with Gasteiger partial charge >= 0.3 is 0 Å². The van der Waals surface area contributed by atoms with Crippen molar-refractivity contribution in [3.8, 4) is 11.3 Å². The van der Waals surface area contributed by atoms with E-state index in [-0.39, 0.29) is 0 Å². The number of nitrogens with one attached hydrogen (secondary N) is 1. The number of hydrogen-bond acceptors (Lipinski definition) is 3. The maximum atomic E-state index is 10.4. The second kappa shape index (κ2) is 7.27. The van der Waals surface area contributed by atoms with E-state index >= 15 is 0 Å². The molecule has 5 heteroatoms. The third kappa shape index (κ3) is 3.69. The van der Waals surface area contributed by atoms with Crippen molar-refractivity contribution in [2.24, 2.45) is 7.05 Å². The fraction of sp³-hybridized carbons (Fsp3) is 0.471. The smallest absolute Gasteiger partial charge is 0.131 e. The molecule has 0 amide bonds. The Kier molecular flexibility index (Phi) is 5.62. The van der Waals surface area contributed by atoms with Gasteiger partial charge in [-0.3, -0.25) is 4.68 Å². The highest BCUT2D eigenvalue weighted by Crippen LogP contribution is 2.28. The lowest BCUT2D eigenvalue weighted by Crippen LogP contribution is -2.39. The fourth-order valence-corrected chi connectivity index (χ4v) is 2.65. The Morgan fingerprint density at radius 2 is 1.86 bits per heavy atom. The Morgan fingerprint density at radius 3 is 2.45 bits per heavy atom. The van der Waals surface area contributed by atoms with E-state index < -0.39 is 5.60 Å². The average molecular weight is 322 g/mol. The number of aromatic nitrogens is 2. The first-order chi connectivity index (χ1) is 10.5. The molecule has 2 rings (SSSR count). The first kappa shape index (κ1) is 17.0. The van der Waals surface area contributed by atoms with Gasteiger partial charge in [0, 0.05) is 31.3 Å². The van der Waals surface area contributed by atoms with Gasteiger partial charge in [-0.25, -0.2) is 0 Å². The molecule has 0 saturated heterocycles. The SMILES string of the molecule is CCC(O)(CC)CNCc1c(-c2ccccc2)nn(C)c1Cl. The van der Waals surface area contributed by atoms with E-state index in [2.05, 4.69) is 10.4 Å². The molecule has 0 fully saturated rings. The zero-order valence-electron chi connectivity index (χ0n) is 13.4. The number of halogens is 1. The molecule has 2 N–H and O–H groups in total. The lowest BCUT2D eigenvalue weighted by atomic mass is 9.97. The third-order valence-corrected chi connectivity index (χ3v) is 4.66. The van der Waals surface area contributed by atoms with Crippen molar-refractivity contribution < 1.29 is 5.11 Å². The Morgan fingerprint density at radius 1 is 1.23 bits per heavy atom. The van der Waals surface area contributed by atoms with Crippen LogP contribution in [-0.2, 0) is 13.6 Å². The van der Waals surface area contributed by atoms with Crippen LogP contribution in [-0.4, -0.2) is 27.0 Å². The van der Waals surface area contributed by atoms with Gasteiger partial charge in [0.15, 0.2) is 0 Å². The van der Waals surface area contributed by atoms with E-state index in [1.54, 1.807) is 4.68 Å². The molecule has 0 unspecified atom stereocenters. The number of hydrogen-bond donors (Lipinski definition) is 2. The average Bonchev–Trinajstić information content (AvgIpc) is 2.84. The summed E-state index contributed by atoms with van der Waals surface area (Å²) < 4.78 is 1.69. The molecule has 0 saturated carbocycles. The number of aliphatic hydroxyl groups is 1. The van der Waals surface area contributed by atoms with Crippen LogP contribution in [0.5, 0.6) is 0 Å². The van der Waals surface area contributed by atoms with Crippen LogP contribution >= 0.6 is 11.6 Å². The number of aryl methyl sites for hydroxylation is 1. The monoisotopic (exact) mass is 321 g/mol. The molecule has 1 aromatic heterocycles. The van der Waals surface area contributed by atoms with Gasteiger partial charge in [0.2, 0.25) is 0 Å². The maximum absolute atomic E-state index is 10.4. The molecule has 0 spiro atoms. The summed E-state index contributed by atoms with van der Waals surface area (Å²) in [6.07, 6.45) is 1.45. The van der Waals surface area contributed by atoms with E-state index in [1.807, 2.05) is 51.2 Å². The van der Waals surface area contributed by atoms with Crippen LogP contribution < -0.4 is 5.32 Å². The summed E-state index contributed by atoms with van der Waals surface area (Å²) in [5.74, 6) is 0. The Hall–Kier alpha value is -1.36. The second-order valence-corrected chi connectivity index (χ2v) is 6.00. The molecule has 2 aromatic rings. The van der Waals surface area contributed by atoms with Crippen LogP contribution in [0.3, 0.4) is 0 Å². The molecular formula is C17H24ClN3O. The topological polar surface area (TPSA) is 50.1 Å². The lowest BCUT2D eigenvalue weighted by Gasteiger charge is -2.25. The number of rotatable bonds is 7. The minimum absolute atomic E-state index is 0.541. The van der Waals surface area contributed by atoms with Crippen molar-refractivity contribution in [2.75, 3.05) is 6.54 Å². The van der Waals surface area contributed by atoms with Crippen LogP contribution in [0.1, 0.15) is 32.3 Å². The maximum Gasteiger partial charge on any atom is 0.131 e. The van der Waals surface area contributed by atoms with Gasteiger partial charge in [-0.05, 0) is 12.8 Å². The van der Waals surface area contributed by atoms with Crippen molar-refractivity contribution in [1.82, 2.24) is 15.1 Å². The summed E-state index contributed by atoms with van der Waals surface area (Å²) in [7, 11) is 1.84. The Balaban J connectivity index is 2.17. The van der Waals surface area contributed by atoms with Gasteiger partial charge in [0.25, 0.3) is 0 Å². The van der Waals surface area contributed by atoms with Crippen LogP contribution in [0, 0.1) is 0 Å². The molecule has 4 nitrogen and oxygen atoms in total. The van der Waals surface area contributed by atoms with Crippen LogP contribution in [0.15, 0.2) is 30.3 Å². The lowest BCUT2D eigenvalue weighted by molar-refractivity contribution is 0.0323. The third-order valence-electron chi connectivity index (χ3n) is 4.19. The molecule has 0 aliphatic carbocycles. The molecular weight excluding hydrogens is 298 g/mol. The highest BCUT2D eigenvalue weighted by atomic mass is 35.5. The number of nitrogens with zero attached hydrogens (tertiary/aromatic N) is 2. The summed E-state index contributed by atoms with van der Waals surface area (Å²) in [5, 5.41) is 18.8. The van der Waals surface area contributed by atoms with E-state index in [1.165, 1.54) is 0 Å². The predicted molar refractivity (Wildman–Crippen MR) is 90.9 cm³/mol. The van der Waals surface area contributed by atoms with Gasteiger partial charge < -0.3 is 10.4 Å². The summed E-state index contributed by atoms with van der Waals surface area (Å²) in [4.78, 5) is 0. The standard InChI is InChI=1S/C17H24ClN3O/c1-4-17(22,5-2)12-19-11-14-15(20-21(3)16(14)18)13-9-7-6-8-10-13/h6-10,19,22H,4-5,11-12H2,1-3H3. The van der Waals surface area contributed by atoms with E-state index in [0.29, 0.717) is 18.2 Å². The Bertz CT molecular complexity index is 606. The highest BCUT2D eigenvalue weighted by molar-refractivity contribution is 6.30. The van der Waals surface area contributed by atoms with E-state index in [9.17, 15) is 5.11 Å². The first-order valence-corrected chi connectivity index (χ1v) is 8.08. The minimum atomic E-state index is -0.665. The van der Waals surface area contributed by atoms with Crippen molar-refractivity contribution in [3.63, 3.8) is 0 Å². The van der Waals surface area contributed by atoms with E-state index in [4.69, 9.17) is 11.6 Å². The van der Waals surface area contributed by atoms with Crippen molar-refractivity contribution in [1.29, 1.82) is 0 Å². The fourth-order valence-electron chi connectivity index (χ4n) is 2.45. The van der Waals surface area contributed by atoms with Crippen molar-refractivity contribution in [2.45, 2.75) is 38.8 Å². The molecule has 0 aliphatic rings. The van der Waals surface area contributed by atoms with Gasteiger partial charge in [0.1, 0.15) is 5.15 Å². The minimum Gasteiger partial charge on any atom is -0.389 e. The van der Waals surface area contributed by atoms with Crippen LogP contribution in [0.2, 0.25) is 5.15 Å². The summed E-state index contributed by atoms with van der Waals surface area (Å²) in [5.41, 5.74) is 2.23. The summed E-state index contributed by atoms with van der Waals surface area (Å²) in [6.45, 7) is 5.12. The van der Waals surface area contributed by atoms with Gasteiger partial charge in [-0.15, -0.1) is 0 Å². The van der Waals surface area contributed by atoms with Crippen LogP contribution in [0.4, 0.5) is 0 Å². The van der Waals surface area contributed by atoms with Crippen molar-refractivity contribution >= 4 is 11.6 Å². The highest BCUT2D eigenvalue weighted by Gasteiger charge is 2.22. The molecule has 1 aromatic carbocycles. The van der Waals surface area contributed by atoms with Gasteiger partial charge in [0.05, 0.1) is 11.3 Å². The molecule has 1 heterocycles. The summed E-state index contributed by atoms with van der Waals surface area (Å²) >= 11 is 6.38. The number of benzene rings is 1. The zero-order chi connectivity index (χ0) is 16.2. The largest absolute Gasteiger partial charge is 0.389 e. The normalized spacial score (nSPS) is 11.9. The van der Waals surface area contributed by atoms with Crippen LogP contribution in [0.25, 0.3) is 11.3 Å². The van der Waals surface area contributed by atoms with Gasteiger partial charge in [-0.2, -0.15) is 5.10 Å². The summed E-state index contributed by atoms with van der Waals surface area (Å²) in [6, 6.07) is 10.0. The first-order valence-electron chi connectivity index (χ1n) is 7.70. The molecule has 0 bridgehead atoms.